The van der Waals surface area contributed by atoms with Crippen LogP contribution in [0.15, 0.2) is 77.7 Å². The van der Waals surface area contributed by atoms with Crippen molar-refractivity contribution in [2.24, 2.45) is 0 Å². The highest BCUT2D eigenvalue weighted by Crippen LogP contribution is 2.24. The van der Waals surface area contributed by atoms with Gasteiger partial charge in [-0.1, -0.05) is 48.0 Å². The van der Waals surface area contributed by atoms with E-state index in [1.807, 2.05) is 60.3 Å². The van der Waals surface area contributed by atoms with Crippen LogP contribution in [0.4, 0.5) is 0 Å². The summed E-state index contributed by atoms with van der Waals surface area (Å²) in [5.41, 5.74) is 4.57. The molecular formula is C24H24ClNOS2. The van der Waals surface area contributed by atoms with Gasteiger partial charge in [-0.05, 0) is 60.0 Å². The first-order valence-electron chi connectivity index (χ1n) is 9.49. The number of thioether (sulfide) groups is 2. The van der Waals surface area contributed by atoms with Crippen molar-refractivity contribution in [3.8, 4) is 0 Å². The zero-order chi connectivity index (χ0) is 20.5. The number of amides is 1. The molecule has 0 fully saturated rings. The quantitative estimate of drug-likeness (QED) is 0.299. The molecule has 3 rings (SSSR count). The van der Waals surface area contributed by atoms with Crippen molar-refractivity contribution >= 4 is 41.0 Å². The molecule has 29 heavy (non-hydrogen) atoms. The van der Waals surface area contributed by atoms with Gasteiger partial charge >= 0.3 is 0 Å². The van der Waals surface area contributed by atoms with Crippen molar-refractivity contribution in [2.45, 2.75) is 23.3 Å². The van der Waals surface area contributed by atoms with Crippen LogP contribution < -0.4 is 5.32 Å². The molecule has 3 aromatic rings. The number of rotatable bonds is 9. The van der Waals surface area contributed by atoms with Crippen molar-refractivity contribution in [3.05, 3.63) is 100 Å². The molecule has 0 spiro atoms. The van der Waals surface area contributed by atoms with E-state index in [4.69, 9.17) is 11.6 Å². The van der Waals surface area contributed by atoms with Crippen LogP contribution in [0.3, 0.4) is 0 Å². The van der Waals surface area contributed by atoms with Crippen LogP contribution in [0, 0.1) is 6.92 Å². The summed E-state index contributed by atoms with van der Waals surface area (Å²) in [6.07, 6.45) is 0. The number of halogens is 1. The highest BCUT2D eigenvalue weighted by atomic mass is 35.5. The summed E-state index contributed by atoms with van der Waals surface area (Å²) in [7, 11) is 0. The summed E-state index contributed by atoms with van der Waals surface area (Å²) in [4.78, 5) is 13.5. The van der Waals surface area contributed by atoms with Gasteiger partial charge in [-0.2, -0.15) is 11.8 Å². The molecule has 5 heteroatoms. The zero-order valence-corrected chi connectivity index (χ0v) is 18.7. The van der Waals surface area contributed by atoms with E-state index in [2.05, 4.69) is 36.5 Å². The highest BCUT2D eigenvalue weighted by molar-refractivity contribution is 7.98. The van der Waals surface area contributed by atoms with Gasteiger partial charge in [0.15, 0.2) is 0 Å². The second kappa shape index (κ2) is 11.3. The van der Waals surface area contributed by atoms with Gasteiger partial charge in [0.05, 0.1) is 0 Å². The van der Waals surface area contributed by atoms with Gasteiger partial charge in [-0.3, -0.25) is 4.79 Å². The minimum Gasteiger partial charge on any atom is -0.351 e. The second-order valence-corrected chi connectivity index (χ2v) is 9.26. The van der Waals surface area contributed by atoms with Crippen LogP contribution in [-0.2, 0) is 11.5 Å². The molecule has 0 bridgehead atoms. The minimum absolute atomic E-state index is 0.0154. The van der Waals surface area contributed by atoms with Gasteiger partial charge in [-0.15, -0.1) is 11.8 Å². The standard InChI is InChI=1S/C24H24ClNOS2/c1-18-4-2-3-5-21(18)17-28-15-14-26-24(27)20-8-6-19(7-9-20)16-29-23-12-10-22(25)11-13-23/h2-13H,14-17H2,1H3,(H,26,27). The Hall–Kier alpha value is -1.88. The Labute approximate surface area is 186 Å². The monoisotopic (exact) mass is 441 g/mol. The second-order valence-electron chi connectivity index (χ2n) is 6.67. The molecule has 0 aliphatic heterocycles. The number of carbonyl (C=O) groups is 1. The van der Waals surface area contributed by atoms with E-state index < -0.39 is 0 Å². The van der Waals surface area contributed by atoms with Crippen LogP contribution in [0.5, 0.6) is 0 Å². The molecule has 2 nitrogen and oxygen atoms in total. The van der Waals surface area contributed by atoms with Gasteiger partial charge in [0.25, 0.3) is 5.91 Å². The smallest absolute Gasteiger partial charge is 0.251 e. The van der Waals surface area contributed by atoms with Crippen molar-refractivity contribution < 1.29 is 4.79 Å². The molecule has 150 valence electrons. The van der Waals surface area contributed by atoms with Crippen LogP contribution in [0.25, 0.3) is 0 Å². The Morgan fingerprint density at radius 2 is 1.66 bits per heavy atom. The molecule has 3 aromatic carbocycles. The third-order valence-corrected chi connectivity index (χ3v) is 6.83. The predicted octanol–water partition coefficient (Wildman–Crippen LogP) is 6.60. The van der Waals surface area contributed by atoms with Crippen LogP contribution >= 0.6 is 35.1 Å². The summed E-state index contributed by atoms with van der Waals surface area (Å²) in [5, 5.41) is 3.75. The first-order chi connectivity index (χ1) is 14.1. The normalized spacial score (nSPS) is 10.7. The molecule has 1 N–H and O–H groups in total. The van der Waals surface area contributed by atoms with Gasteiger partial charge < -0.3 is 5.32 Å². The predicted molar refractivity (Wildman–Crippen MR) is 127 cm³/mol. The SMILES string of the molecule is Cc1ccccc1CSCCNC(=O)c1ccc(CSc2ccc(Cl)cc2)cc1. The summed E-state index contributed by atoms with van der Waals surface area (Å²) >= 11 is 9.51. The molecule has 0 radical (unpaired) electrons. The molecule has 0 unspecified atom stereocenters. The van der Waals surface area contributed by atoms with Crippen molar-refractivity contribution in [1.82, 2.24) is 5.32 Å². The Balaban J connectivity index is 1.38. The van der Waals surface area contributed by atoms with Gasteiger partial charge in [0.1, 0.15) is 0 Å². The number of hydrogen-bond donors (Lipinski definition) is 1. The highest BCUT2D eigenvalue weighted by Gasteiger charge is 2.05. The summed E-state index contributed by atoms with van der Waals surface area (Å²) in [6.45, 7) is 2.80. The fraction of sp³-hybridized carbons (Fsp3) is 0.208. The number of hydrogen-bond acceptors (Lipinski definition) is 3. The topological polar surface area (TPSA) is 29.1 Å². The fourth-order valence-corrected chi connectivity index (χ4v) is 4.66. The Kier molecular flexibility index (Phi) is 8.53. The molecule has 1 amide bonds. The summed E-state index contributed by atoms with van der Waals surface area (Å²) < 4.78 is 0. The number of benzene rings is 3. The Morgan fingerprint density at radius 3 is 2.38 bits per heavy atom. The number of carbonyl (C=O) groups excluding carboxylic acids is 1. The first kappa shape index (κ1) is 21.8. The lowest BCUT2D eigenvalue weighted by atomic mass is 10.1. The molecule has 0 heterocycles. The van der Waals surface area contributed by atoms with Crippen LogP contribution in [-0.4, -0.2) is 18.2 Å². The van der Waals surface area contributed by atoms with E-state index in [1.54, 1.807) is 11.8 Å². The number of nitrogens with one attached hydrogen (secondary N) is 1. The molecule has 0 aliphatic carbocycles. The van der Waals surface area contributed by atoms with Crippen molar-refractivity contribution in [1.29, 1.82) is 0 Å². The maximum absolute atomic E-state index is 12.3. The van der Waals surface area contributed by atoms with Crippen LogP contribution in [0.1, 0.15) is 27.0 Å². The van der Waals surface area contributed by atoms with Gasteiger partial charge in [0.2, 0.25) is 0 Å². The third kappa shape index (κ3) is 7.14. The molecule has 0 aliphatic rings. The lowest BCUT2D eigenvalue weighted by Gasteiger charge is -2.08. The third-order valence-electron chi connectivity index (χ3n) is 4.49. The molecular weight excluding hydrogens is 418 g/mol. The summed E-state index contributed by atoms with van der Waals surface area (Å²) in [5.74, 6) is 2.72. The minimum atomic E-state index is -0.0154. The lowest BCUT2D eigenvalue weighted by Crippen LogP contribution is -2.25. The molecule has 0 saturated carbocycles. The maximum Gasteiger partial charge on any atom is 0.251 e. The van der Waals surface area contributed by atoms with E-state index >= 15 is 0 Å². The van der Waals surface area contributed by atoms with E-state index in [0.717, 1.165) is 22.3 Å². The average molecular weight is 442 g/mol. The largest absolute Gasteiger partial charge is 0.351 e. The fourth-order valence-electron chi connectivity index (χ4n) is 2.74. The summed E-state index contributed by atoms with van der Waals surface area (Å²) in [6, 6.07) is 24.1. The van der Waals surface area contributed by atoms with E-state index in [0.29, 0.717) is 12.1 Å². The maximum atomic E-state index is 12.3. The van der Waals surface area contributed by atoms with Crippen molar-refractivity contribution in [2.75, 3.05) is 12.3 Å². The molecule has 0 aromatic heterocycles. The van der Waals surface area contributed by atoms with E-state index in [9.17, 15) is 4.79 Å². The lowest BCUT2D eigenvalue weighted by molar-refractivity contribution is 0.0956. The first-order valence-corrected chi connectivity index (χ1v) is 12.0. The zero-order valence-electron chi connectivity index (χ0n) is 16.4. The number of aryl methyl sites for hydroxylation is 1. The van der Waals surface area contributed by atoms with Crippen LogP contribution in [0.2, 0.25) is 5.02 Å². The van der Waals surface area contributed by atoms with E-state index in [-0.39, 0.29) is 5.91 Å². The molecule has 0 atom stereocenters. The van der Waals surface area contributed by atoms with E-state index in [1.165, 1.54) is 21.6 Å². The van der Waals surface area contributed by atoms with Crippen molar-refractivity contribution in [3.63, 3.8) is 0 Å². The Morgan fingerprint density at radius 1 is 0.931 bits per heavy atom. The average Bonchev–Trinajstić information content (AvgIpc) is 2.74. The Bertz CT molecular complexity index is 926. The van der Waals surface area contributed by atoms with Gasteiger partial charge in [0, 0.05) is 39.3 Å². The van der Waals surface area contributed by atoms with Gasteiger partial charge in [-0.25, -0.2) is 0 Å². The molecule has 0 saturated heterocycles.